The van der Waals surface area contributed by atoms with Gasteiger partial charge in [0, 0.05) is 11.7 Å². The zero-order chi connectivity index (χ0) is 10.8. The van der Waals surface area contributed by atoms with Gasteiger partial charge in [-0.15, -0.1) is 0 Å². The molecule has 0 amide bonds. The Bertz CT molecular complexity index is 363. The Labute approximate surface area is 96.1 Å². The lowest BCUT2D eigenvalue weighted by Gasteiger charge is -2.14. The molecular formula is C12H16N2S. The Balaban J connectivity index is 2.05. The molecular weight excluding hydrogens is 204 g/mol. The Kier molecular flexibility index (Phi) is 2.91. The van der Waals surface area contributed by atoms with Gasteiger partial charge in [0.05, 0.1) is 0 Å². The fraction of sp³-hybridized carbons (Fsp3) is 0.417. The molecule has 1 fully saturated rings. The van der Waals surface area contributed by atoms with Crippen molar-refractivity contribution in [2.24, 2.45) is 0 Å². The monoisotopic (exact) mass is 220 g/mol. The summed E-state index contributed by atoms with van der Waals surface area (Å²) in [7, 11) is 0. The van der Waals surface area contributed by atoms with Crippen molar-refractivity contribution in [2.45, 2.75) is 32.7 Å². The van der Waals surface area contributed by atoms with E-state index in [0.717, 1.165) is 10.8 Å². The summed E-state index contributed by atoms with van der Waals surface area (Å²) in [6, 6.07) is 6.85. The number of hydrogen-bond donors (Lipinski definition) is 2. The largest absolute Gasteiger partial charge is 0.360 e. The van der Waals surface area contributed by atoms with E-state index in [1.54, 1.807) is 0 Å². The van der Waals surface area contributed by atoms with Gasteiger partial charge in [0.1, 0.15) is 0 Å². The molecule has 3 heteroatoms. The van der Waals surface area contributed by atoms with Crippen LogP contribution in [0.2, 0.25) is 0 Å². The van der Waals surface area contributed by atoms with Crippen molar-refractivity contribution in [3.8, 4) is 0 Å². The third-order valence-corrected chi connectivity index (χ3v) is 2.85. The molecule has 1 aromatic rings. The van der Waals surface area contributed by atoms with Crippen LogP contribution in [0.5, 0.6) is 0 Å². The third kappa shape index (κ3) is 2.69. The molecule has 2 rings (SSSR count). The number of nitrogens with one attached hydrogen (secondary N) is 2. The van der Waals surface area contributed by atoms with Crippen molar-refractivity contribution in [2.75, 3.05) is 5.32 Å². The Morgan fingerprint density at radius 1 is 1.27 bits per heavy atom. The first-order chi connectivity index (χ1) is 7.16. The van der Waals surface area contributed by atoms with E-state index in [1.807, 2.05) is 0 Å². The number of thiocarbonyl (C=S) groups is 1. The predicted molar refractivity (Wildman–Crippen MR) is 68.3 cm³/mol. The van der Waals surface area contributed by atoms with Crippen molar-refractivity contribution < 1.29 is 0 Å². The van der Waals surface area contributed by atoms with Gasteiger partial charge in [-0.3, -0.25) is 0 Å². The average molecular weight is 220 g/mol. The van der Waals surface area contributed by atoms with Gasteiger partial charge in [0.15, 0.2) is 5.11 Å². The molecule has 0 bridgehead atoms. The molecule has 1 saturated carbocycles. The number of hydrogen-bond acceptors (Lipinski definition) is 1. The number of para-hydroxylation sites is 1. The lowest BCUT2D eigenvalue weighted by Crippen LogP contribution is -2.30. The second-order valence-corrected chi connectivity index (χ2v) is 4.55. The quantitative estimate of drug-likeness (QED) is 0.749. The highest BCUT2D eigenvalue weighted by Gasteiger charge is 2.21. The summed E-state index contributed by atoms with van der Waals surface area (Å²) in [5.74, 6) is 0. The Morgan fingerprint density at radius 3 is 2.40 bits per heavy atom. The Morgan fingerprint density at radius 2 is 1.87 bits per heavy atom. The summed E-state index contributed by atoms with van der Waals surface area (Å²) in [6.07, 6.45) is 2.49. The van der Waals surface area contributed by atoms with Crippen LogP contribution in [0.3, 0.4) is 0 Å². The third-order valence-electron chi connectivity index (χ3n) is 2.63. The second-order valence-electron chi connectivity index (χ2n) is 4.14. The normalized spacial score (nSPS) is 14.8. The van der Waals surface area contributed by atoms with Gasteiger partial charge in [-0.25, -0.2) is 0 Å². The first-order valence-electron chi connectivity index (χ1n) is 5.30. The van der Waals surface area contributed by atoms with Crippen LogP contribution in [0, 0.1) is 13.8 Å². The van der Waals surface area contributed by atoms with E-state index in [4.69, 9.17) is 12.2 Å². The molecule has 1 aliphatic rings. The topological polar surface area (TPSA) is 24.1 Å². The summed E-state index contributed by atoms with van der Waals surface area (Å²) in [5.41, 5.74) is 3.60. The van der Waals surface area contributed by atoms with Crippen molar-refractivity contribution in [1.82, 2.24) is 5.32 Å². The van der Waals surface area contributed by atoms with Gasteiger partial charge < -0.3 is 10.6 Å². The van der Waals surface area contributed by atoms with Crippen LogP contribution >= 0.6 is 12.2 Å². The second kappa shape index (κ2) is 4.19. The minimum absolute atomic E-state index is 0.606. The fourth-order valence-corrected chi connectivity index (χ4v) is 1.84. The summed E-state index contributed by atoms with van der Waals surface area (Å²) in [4.78, 5) is 0. The molecule has 15 heavy (non-hydrogen) atoms. The van der Waals surface area contributed by atoms with E-state index in [-0.39, 0.29) is 0 Å². The molecule has 0 aliphatic heterocycles. The van der Waals surface area contributed by atoms with Gasteiger partial charge in [0.25, 0.3) is 0 Å². The van der Waals surface area contributed by atoms with Crippen LogP contribution in [0.25, 0.3) is 0 Å². The van der Waals surface area contributed by atoms with Crippen LogP contribution in [0.4, 0.5) is 5.69 Å². The van der Waals surface area contributed by atoms with Crippen molar-refractivity contribution >= 4 is 23.0 Å². The number of benzene rings is 1. The minimum Gasteiger partial charge on any atom is -0.360 e. The molecule has 0 saturated heterocycles. The molecule has 0 heterocycles. The molecule has 0 unspecified atom stereocenters. The zero-order valence-electron chi connectivity index (χ0n) is 9.13. The van der Waals surface area contributed by atoms with E-state index >= 15 is 0 Å². The maximum atomic E-state index is 5.25. The van der Waals surface area contributed by atoms with Crippen LogP contribution in [-0.2, 0) is 0 Å². The van der Waals surface area contributed by atoms with E-state index in [0.29, 0.717) is 6.04 Å². The summed E-state index contributed by atoms with van der Waals surface area (Å²) in [6.45, 7) is 4.18. The van der Waals surface area contributed by atoms with Gasteiger partial charge in [-0.05, 0) is 50.0 Å². The standard InChI is InChI=1S/C12H16N2S/c1-8-4-3-5-9(2)11(8)14-12(15)13-10-6-7-10/h3-5,10H,6-7H2,1-2H3,(H2,13,14,15). The van der Waals surface area contributed by atoms with Crippen molar-refractivity contribution in [1.29, 1.82) is 0 Å². The summed E-state index contributed by atoms with van der Waals surface area (Å²) >= 11 is 5.25. The van der Waals surface area contributed by atoms with Gasteiger partial charge in [-0.1, -0.05) is 18.2 Å². The SMILES string of the molecule is Cc1cccc(C)c1NC(=S)NC1CC1. The molecule has 0 aromatic heterocycles. The Hall–Kier alpha value is -1.09. The zero-order valence-corrected chi connectivity index (χ0v) is 9.95. The molecule has 0 spiro atoms. The molecule has 2 N–H and O–H groups in total. The summed E-state index contributed by atoms with van der Waals surface area (Å²) < 4.78 is 0. The number of anilines is 1. The van der Waals surface area contributed by atoms with E-state index in [1.165, 1.54) is 24.0 Å². The highest BCUT2D eigenvalue weighted by molar-refractivity contribution is 7.80. The lowest BCUT2D eigenvalue weighted by molar-refractivity contribution is 0.919. The summed E-state index contributed by atoms with van der Waals surface area (Å²) in [5, 5.41) is 7.29. The maximum Gasteiger partial charge on any atom is 0.171 e. The van der Waals surface area contributed by atoms with E-state index in [2.05, 4.69) is 42.7 Å². The van der Waals surface area contributed by atoms with Crippen LogP contribution in [-0.4, -0.2) is 11.2 Å². The highest BCUT2D eigenvalue weighted by Crippen LogP contribution is 2.21. The van der Waals surface area contributed by atoms with Gasteiger partial charge >= 0.3 is 0 Å². The first-order valence-corrected chi connectivity index (χ1v) is 5.71. The molecule has 1 aromatic carbocycles. The van der Waals surface area contributed by atoms with Crippen molar-refractivity contribution in [3.05, 3.63) is 29.3 Å². The van der Waals surface area contributed by atoms with E-state index < -0.39 is 0 Å². The average Bonchev–Trinajstić information content (AvgIpc) is 2.95. The lowest BCUT2D eigenvalue weighted by atomic mass is 10.1. The smallest absolute Gasteiger partial charge is 0.171 e. The molecule has 2 nitrogen and oxygen atoms in total. The van der Waals surface area contributed by atoms with Gasteiger partial charge in [0.2, 0.25) is 0 Å². The van der Waals surface area contributed by atoms with Crippen LogP contribution < -0.4 is 10.6 Å². The predicted octanol–water partition coefficient (Wildman–Crippen LogP) is 2.75. The van der Waals surface area contributed by atoms with E-state index in [9.17, 15) is 0 Å². The highest BCUT2D eigenvalue weighted by atomic mass is 32.1. The first kappa shape index (κ1) is 10.4. The van der Waals surface area contributed by atoms with Crippen molar-refractivity contribution in [3.63, 3.8) is 0 Å². The fourth-order valence-electron chi connectivity index (χ4n) is 1.57. The molecule has 1 aliphatic carbocycles. The number of rotatable bonds is 2. The minimum atomic E-state index is 0.606. The molecule has 0 atom stereocenters. The van der Waals surface area contributed by atoms with Gasteiger partial charge in [-0.2, -0.15) is 0 Å². The van der Waals surface area contributed by atoms with Crippen LogP contribution in [0.15, 0.2) is 18.2 Å². The van der Waals surface area contributed by atoms with Crippen LogP contribution in [0.1, 0.15) is 24.0 Å². The maximum absolute atomic E-state index is 5.25. The number of aryl methyl sites for hydroxylation is 2. The molecule has 0 radical (unpaired) electrons. The molecule has 80 valence electrons.